The lowest BCUT2D eigenvalue weighted by atomic mass is 10.2. The Kier molecular flexibility index (Phi) is 2.51. The van der Waals surface area contributed by atoms with Crippen LogP contribution < -0.4 is 0 Å². The first kappa shape index (κ1) is 8.10. The lowest BCUT2D eigenvalue weighted by molar-refractivity contribution is 0.112. The average Bonchev–Trinajstić information content (AvgIpc) is 2.05. The van der Waals surface area contributed by atoms with E-state index >= 15 is 0 Å². The highest BCUT2D eigenvalue weighted by Gasteiger charge is 1.91. The fourth-order valence-electron chi connectivity index (χ4n) is 0.658. The maximum atomic E-state index is 10.3. The molecule has 0 amide bonds. The third kappa shape index (κ3) is 1.96. The van der Waals surface area contributed by atoms with Gasteiger partial charge in [-0.25, -0.2) is 0 Å². The number of rotatable bonds is 2. The van der Waals surface area contributed by atoms with Crippen molar-refractivity contribution < 1.29 is 13.6 Å². The monoisotopic (exact) mass is 169 g/mol. The van der Waals surface area contributed by atoms with Crippen molar-refractivity contribution in [3.05, 3.63) is 29.8 Å². The van der Waals surface area contributed by atoms with Crippen LogP contribution in [0.5, 0.6) is 0 Å². The molecule has 0 bridgehead atoms. The number of carbonyl (C=O) groups excluding carboxylic acids is 1. The van der Waals surface area contributed by atoms with Gasteiger partial charge in [0.1, 0.15) is 6.29 Å². The minimum Gasteiger partial charge on any atom is -0.768 e. The SMILES string of the molecule is O=Cc1ccc(S(=O)[O-])cc1. The van der Waals surface area contributed by atoms with E-state index in [0.29, 0.717) is 11.8 Å². The van der Waals surface area contributed by atoms with Crippen molar-refractivity contribution in [1.29, 1.82) is 0 Å². The van der Waals surface area contributed by atoms with E-state index in [2.05, 4.69) is 0 Å². The van der Waals surface area contributed by atoms with E-state index < -0.39 is 11.1 Å². The molecule has 0 aliphatic heterocycles. The van der Waals surface area contributed by atoms with Crippen molar-refractivity contribution in [2.75, 3.05) is 0 Å². The summed E-state index contributed by atoms with van der Waals surface area (Å²) in [5.41, 5.74) is 0.471. The third-order valence-electron chi connectivity index (χ3n) is 1.21. The Morgan fingerprint density at radius 3 is 2.18 bits per heavy atom. The van der Waals surface area contributed by atoms with Crippen LogP contribution in [-0.2, 0) is 11.1 Å². The molecule has 0 heterocycles. The van der Waals surface area contributed by atoms with Crippen LogP contribution in [0.4, 0.5) is 0 Å². The smallest absolute Gasteiger partial charge is 0.150 e. The van der Waals surface area contributed by atoms with Gasteiger partial charge < -0.3 is 4.55 Å². The van der Waals surface area contributed by atoms with Gasteiger partial charge in [0.25, 0.3) is 0 Å². The predicted molar refractivity (Wildman–Crippen MR) is 39.0 cm³/mol. The molecule has 0 aliphatic rings. The Balaban J connectivity index is 3.00. The standard InChI is InChI=1S/C7H6O3S/c8-5-6-1-3-7(4-2-6)11(9)10/h1-5H,(H,9,10)/p-1. The van der Waals surface area contributed by atoms with Gasteiger partial charge in [-0.3, -0.25) is 9.00 Å². The molecule has 0 fully saturated rings. The molecule has 0 radical (unpaired) electrons. The van der Waals surface area contributed by atoms with Crippen LogP contribution in [0.15, 0.2) is 29.2 Å². The Labute approximate surface area is 66.3 Å². The number of hydrogen-bond acceptors (Lipinski definition) is 3. The summed E-state index contributed by atoms with van der Waals surface area (Å²) in [6.07, 6.45) is 0.664. The summed E-state index contributed by atoms with van der Waals surface area (Å²) in [5.74, 6) is 0. The van der Waals surface area contributed by atoms with Crippen LogP contribution in [0.3, 0.4) is 0 Å². The highest BCUT2D eigenvalue weighted by atomic mass is 32.2. The number of aldehydes is 1. The minimum absolute atomic E-state index is 0.190. The summed E-state index contributed by atoms with van der Waals surface area (Å²) in [6, 6.07) is 5.68. The first-order chi connectivity index (χ1) is 5.24. The zero-order chi connectivity index (χ0) is 8.27. The van der Waals surface area contributed by atoms with E-state index in [4.69, 9.17) is 0 Å². The van der Waals surface area contributed by atoms with Gasteiger partial charge in [0.2, 0.25) is 0 Å². The van der Waals surface area contributed by atoms with Crippen LogP contribution in [0.25, 0.3) is 0 Å². The topological polar surface area (TPSA) is 57.2 Å². The zero-order valence-corrected chi connectivity index (χ0v) is 6.34. The van der Waals surface area contributed by atoms with Crippen LogP contribution in [-0.4, -0.2) is 15.0 Å². The molecular formula is C7H5O3S-. The first-order valence-electron chi connectivity index (χ1n) is 2.88. The molecule has 0 saturated heterocycles. The molecule has 0 N–H and O–H groups in total. The van der Waals surface area contributed by atoms with E-state index in [9.17, 15) is 13.6 Å². The number of hydrogen-bond donors (Lipinski definition) is 0. The molecular weight excluding hydrogens is 164 g/mol. The second kappa shape index (κ2) is 3.41. The van der Waals surface area contributed by atoms with Gasteiger partial charge in [0.15, 0.2) is 0 Å². The predicted octanol–water partition coefficient (Wildman–Crippen LogP) is 0.737. The Morgan fingerprint density at radius 2 is 1.82 bits per heavy atom. The van der Waals surface area contributed by atoms with Gasteiger partial charge in [-0.05, 0) is 23.2 Å². The highest BCUT2D eigenvalue weighted by molar-refractivity contribution is 7.79. The molecule has 1 aromatic rings. The summed E-state index contributed by atoms with van der Waals surface area (Å²) in [5, 5.41) is 0. The maximum absolute atomic E-state index is 10.3. The Hall–Kier alpha value is -1.00. The molecule has 1 atom stereocenters. The molecule has 58 valence electrons. The van der Waals surface area contributed by atoms with Crippen molar-refractivity contribution in [2.24, 2.45) is 0 Å². The first-order valence-corrected chi connectivity index (χ1v) is 3.96. The molecule has 3 nitrogen and oxygen atoms in total. The quantitative estimate of drug-likeness (QED) is 0.484. The molecule has 0 aromatic heterocycles. The zero-order valence-electron chi connectivity index (χ0n) is 5.52. The maximum Gasteiger partial charge on any atom is 0.150 e. The fraction of sp³-hybridized carbons (Fsp3) is 0. The average molecular weight is 169 g/mol. The lowest BCUT2D eigenvalue weighted by Crippen LogP contribution is -1.88. The van der Waals surface area contributed by atoms with Crippen LogP contribution in [0.2, 0.25) is 0 Å². The molecule has 4 heteroatoms. The summed E-state index contributed by atoms with van der Waals surface area (Å²) in [4.78, 5) is 10.3. The Morgan fingerprint density at radius 1 is 1.27 bits per heavy atom. The summed E-state index contributed by atoms with van der Waals surface area (Å²) in [6.45, 7) is 0. The van der Waals surface area contributed by atoms with Gasteiger partial charge in [0, 0.05) is 10.5 Å². The molecule has 0 spiro atoms. The summed E-state index contributed by atoms with van der Waals surface area (Å²) < 4.78 is 20.6. The van der Waals surface area contributed by atoms with Gasteiger partial charge in [0.05, 0.1) is 0 Å². The normalized spacial score (nSPS) is 12.5. The van der Waals surface area contributed by atoms with Crippen LogP contribution in [0.1, 0.15) is 10.4 Å². The molecule has 1 unspecified atom stereocenters. The van der Waals surface area contributed by atoms with Gasteiger partial charge >= 0.3 is 0 Å². The molecule has 1 rings (SSSR count). The summed E-state index contributed by atoms with van der Waals surface area (Å²) in [7, 11) is 0. The largest absolute Gasteiger partial charge is 0.768 e. The second-order valence-corrected chi connectivity index (χ2v) is 2.86. The molecule has 1 aromatic carbocycles. The van der Waals surface area contributed by atoms with E-state index in [1.165, 1.54) is 24.3 Å². The molecule has 0 aliphatic carbocycles. The molecule has 11 heavy (non-hydrogen) atoms. The van der Waals surface area contributed by atoms with E-state index in [1.807, 2.05) is 0 Å². The van der Waals surface area contributed by atoms with Gasteiger partial charge in [-0.1, -0.05) is 12.1 Å². The van der Waals surface area contributed by atoms with Crippen molar-refractivity contribution in [2.45, 2.75) is 4.90 Å². The highest BCUT2D eigenvalue weighted by Crippen LogP contribution is 2.04. The van der Waals surface area contributed by atoms with E-state index in [1.54, 1.807) is 0 Å². The van der Waals surface area contributed by atoms with Crippen molar-refractivity contribution in [3.63, 3.8) is 0 Å². The number of benzene rings is 1. The van der Waals surface area contributed by atoms with E-state index in [-0.39, 0.29) is 4.90 Å². The van der Waals surface area contributed by atoms with Gasteiger partial charge in [-0.15, -0.1) is 0 Å². The number of carbonyl (C=O) groups is 1. The van der Waals surface area contributed by atoms with Crippen molar-refractivity contribution >= 4 is 17.4 Å². The van der Waals surface area contributed by atoms with Crippen molar-refractivity contribution in [3.8, 4) is 0 Å². The second-order valence-electron chi connectivity index (χ2n) is 1.92. The van der Waals surface area contributed by atoms with Crippen LogP contribution >= 0.6 is 0 Å². The summed E-state index contributed by atoms with van der Waals surface area (Å²) >= 11 is -2.21. The van der Waals surface area contributed by atoms with Gasteiger partial charge in [-0.2, -0.15) is 0 Å². The van der Waals surface area contributed by atoms with E-state index in [0.717, 1.165) is 0 Å². The molecule has 0 saturated carbocycles. The van der Waals surface area contributed by atoms with Crippen molar-refractivity contribution in [1.82, 2.24) is 0 Å². The third-order valence-corrected chi connectivity index (χ3v) is 1.87. The van der Waals surface area contributed by atoms with Crippen LogP contribution in [0, 0.1) is 0 Å². The Bertz CT molecular complexity index is 278. The lowest BCUT2D eigenvalue weighted by Gasteiger charge is -2.03. The fourth-order valence-corrected chi connectivity index (χ4v) is 1.02. The minimum atomic E-state index is -2.21.